The first-order chi connectivity index (χ1) is 6.84. The van der Waals surface area contributed by atoms with Gasteiger partial charge < -0.3 is 4.74 Å². The van der Waals surface area contributed by atoms with Gasteiger partial charge in [0.1, 0.15) is 5.69 Å². The fourth-order valence-corrected chi connectivity index (χ4v) is 1.07. The van der Waals surface area contributed by atoms with Crippen LogP contribution in [0.4, 0.5) is 0 Å². The Bertz CT molecular complexity index is 277. The van der Waals surface area contributed by atoms with Gasteiger partial charge in [0.2, 0.25) is 0 Å². The summed E-state index contributed by atoms with van der Waals surface area (Å²) in [5, 5.41) is 0. The van der Waals surface area contributed by atoms with E-state index in [9.17, 15) is 4.79 Å². The second-order valence-corrected chi connectivity index (χ2v) is 3.06. The van der Waals surface area contributed by atoms with Crippen LogP contribution in [0.1, 0.15) is 36.7 Å². The molecule has 0 amide bonds. The maximum Gasteiger partial charge on any atom is 0.356 e. The average molecular weight is 233 g/mol. The largest absolute Gasteiger partial charge is 0.461 e. The van der Waals surface area contributed by atoms with Crippen LogP contribution in [0.2, 0.25) is 0 Å². The Morgan fingerprint density at radius 1 is 1.40 bits per heavy atom. The topological polar surface area (TPSA) is 39.2 Å². The Labute approximate surface area is 120 Å². The van der Waals surface area contributed by atoms with Crippen molar-refractivity contribution in [2.45, 2.75) is 26.2 Å². The molecule has 1 rings (SSSR count). The molecule has 2 radical (unpaired) electrons. The van der Waals surface area contributed by atoms with E-state index in [2.05, 4.69) is 11.9 Å². The molecule has 0 spiro atoms. The zero-order valence-corrected chi connectivity index (χ0v) is 11.3. The van der Waals surface area contributed by atoms with E-state index in [4.69, 9.17) is 4.74 Å². The summed E-state index contributed by atoms with van der Waals surface area (Å²) in [6.45, 7) is 2.60. The van der Waals surface area contributed by atoms with Gasteiger partial charge in [-0.05, 0) is 18.6 Å². The smallest absolute Gasteiger partial charge is 0.356 e. The molecular weight excluding hydrogens is 218 g/mol. The van der Waals surface area contributed by atoms with E-state index in [0.717, 1.165) is 19.3 Å². The fraction of sp³-hybridized carbons (Fsp3) is 0.455. The monoisotopic (exact) mass is 233 g/mol. The molecule has 0 aliphatic carbocycles. The first kappa shape index (κ1) is 14.9. The van der Waals surface area contributed by atoms with E-state index < -0.39 is 0 Å². The second-order valence-electron chi connectivity index (χ2n) is 3.06. The predicted molar refractivity (Wildman–Crippen MR) is 59.8 cm³/mol. The Balaban J connectivity index is 0.00000196. The summed E-state index contributed by atoms with van der Waals surface area (Å²) in [6, 6.07) is 5.20. The number of hydrogen-bond donors (Lipinski definition) is 0. The molecule has 0 N–H and O–H groups in total. The van der Waals surface area contributed by atoms with Crippen molar-refractivity contribution in [1.29, 1.82) is 0 Å². The van der Waals surface area contributed by atoms with Crippen LogP contribution >= 0.6 is 0 Å². The molecule has 1 aromatic heterocycles. The van der Waals surface area contributed by atoms with Crippen molar-refractivity contribution in [1.82, 2.24) is 4.98 Å². The van der Waals surface area contributed by atoms with Crippen LogP contribution in [0.3, 0.4) is 0 Å². The van der Waals surface area contributed by atoms with E-state index in [1.807, 2.05) is 0 Å². The number of esters is 1. The molecule has 78 valence electrons. The molecular formula is C11H15CaNO2. The van der Waals surface area contributed by atoms with Crippen LogP contribution < -0.4 is 0 Å². The predicted octanol–water partition coefficient (Wildman–Crippen LogP) is 2.05. The van der Waals surface area contributed by atoms with Gasteiger partial charge in [0, 0.05) is 43.9 Å². The van der Waals surface area contributed by atoms with E-state index in [0.29, 0.717) is 12.3 Å². The minimum Gasteiger partial charge on any atom is -0.461 e. The second kappa shape index (κ2) is 9.13. The van der Waals surface area contributed by atoms with Gasteiger partial charge in [0.15, 0.2) is 0 Å². The average Bonchev–Trinajstić information content (AvgIpc) is 2.25. The van der Waals surface area contributed by atoms with Crippen LogP contribution in [0.25, 0.3) is 0 Å². The van der Waals surface area contributed by atoms with E-state index in [1.165, 1.54) is 0 Å². The third-order valence-corrected chi connectivity index (χ3v) is 1.86. The van der Waals surface area contributed by atoms with Crippen LogP contribution in [0, 0.1) is 0 Å². The first-order valence-corrected chi connectivity index (χ1v) is 4.92. The third-order valence-electron chi connectivity index (χ3n) is 1.86. The van der Waals surface area contributed by atoms with Crippen LogP contribution in [-0.4, -0.2) is 55.3 Å². The summed E-state index contributed by atoms with van der Waals surface area (Å²) in [5.74, 6) is -0.332. The van der Waals surface area contributed by atoms with Gasteiger partial charge in [-0.3, -0.25) is 0 Å². The van der Waals surface area contributed by atoms with Gasteiger partial charge in [0.05, 0.1) is 6.61 Å². The SMILES string of the molecule is CCCCCOC(=O)c1ccccn1.[Ca]. The molecule has 0 unspecified atom stereocenters. The van der Waals surface area contributed by atoms with Crippen LogP contribution in [0.5, 0.6) is 0 Å². The summed E-state index contributed by atoms with van der Waals surface area (Å²) >= 11 is 0. The zero-order chi connectivity index (χ0) is 10.2. The molecule has 0 aromatic carbocycles. The molecule has 4 heteroatoms. The van der Waals surface area contributed by atoms with Crippen molar-refractivity contribution >= 4 is 43.7 Å². The molecule has 0 fully saturated rings. The minimum atomic E-state index is -0.332. The van der Waals surface area contributed by atoms with Crippen molar-refractivity contribution < 1.29 is 9.53 Å². The minimum absolute atomic E-state index is 0. The number of hydrogen-bond acceptors (Lipinski definition) is 3. The third kappa shape index (κ3) is 6.13. The Hall–Kier alpha value is -0.120. The van der Waals surface area contributed by atoms with Crippen molar-refractivity contribution in [3.8, 4) is 0 Å². The summed E-state index contributed by atoms with van der Waals surface area (Å²) in [5.41, 5.74) is 0.379. The Morgan fingerprint density at radius 3 is 2.80 bits per heavy atom. The van der Waals surface area contributed by atoms with Gasteiger partial charge in [0.25, 0.3) is 0 Å². The molecule has 0 saturated carbocycles. The molecule has 0 atom stereocenters. The van der Waals surface area contributed by atoms with E-state index >= 15 is 0 Å². The van der Waals surface area contributed by atoms with Gasteiger partial charge in [-0.15, -0.1) is 0 Å². The van der Waals surface area contributed by atoms with Crippen molar-refractivity contribution in [2.75, 3.05) is 6.61 Å². The van der Waals surface area contributed by atoms with Crippen molar-refractivity contribution in [3.63, 3.8) is 0 Å². The normalized spacial score (nSPS) is 9.13. The number of pyridine rings is 1. The quantitative estimate of drug-likeness (QED) is 0.444. The van der Waals surface area contributed by atoms with Gasteiger partial charge in [-0.1, -0.05) is 25.8 Å². The number of ether oxygens (including phenoxy) is 1. The van der Waals surface area contributed by atoms with Gasteiger partial charge >= 0.3 is 5.97 Å². The number of unbranched alkanes of at least 4 members (excludes halogenated alkanes) is 2. The van der Waals surface area contributed by atoms with Crippen LogP contribution in [0.15, 0.2) is 24.4 Å². The number of nitrogens with zero attached hydrogens (tertiary/aromatic N) is 1. The maximum absolute atomic E-state index is 11.3. The van der Waals surface area contributed by atoms with Crippen LogP contribution in [-0.2, 0) is 4.74 Å². The molecule has 3 nitrogen and oxygen atoms in total. The summed E-state index contributed by atoms with van der Waals surface area (Å²) in [7, 11) is 0. The Morgan fingerprint density at radius 2 is 2.20 bits per heavy atom. The zero-order valence-electron chi connectivity index (χ0n) is 9.11. The maximum atomic E-state index is 11.3. The molecule has 0 saturated heterocycles. The number of carbonyl (C=O) groups excluding carboxylic acids is 1. The number of carbonyl (C=O) groups is 1. The molecule has 15 heavy (non-hydrogen) atoms. The summed E-state index contributed by atoms with van der Waals surface area (Å²) < 4.78 is 5.03. The Kier molecular flexibility index (Phi) is 9.06. The van der Waals surface area contributed by atoms with Gasteiger partial charge in [-0.25, -0.2) is 9.78 Å². The fourth-order valence-electron chi connectivity index (χ4n) is 1.07. The van der Waals surface area contributed by atoms with E-state index in [-0.39, 0.29) is 43.7 Å². The molecule has 1 aromatic rings. The number of rotatable bonds is 5. The van der Waals surface area contributed by atoms with Crippen molar-refractivity contribution in [2.24, 2.45) is 0 Å². The number of aromatic nitrogens is 1. The standard InChI is InChI=1S/C11H15NO2.Ca/c1-2-3-6-9-14-11(13)10-7-4-5-8-12-10;/h4-5,7-8H,2-3,6,9H2,1H3;. The first-order valence-electron chi connectivity index (χ1n) is 4.92. The van der Waals surface area contributed by atoms with E-state index in [1.54, 1.807) is 24.4 Å². The van der Waals surface area contributed by atoms with Crippen molar-refractivity contribution in [3.05, 3.63) is 30.1 Å². The molecule has 1 heterocycles. The molecule has 0 aliphatic heterocycles. The summed E-state index contributed by atoms with van der Waals surface area (Å²) in [4.78, 5) is 15.2. The molecule has 0 aliphatic rings. The van der Waals surface area contributed by atoms with Gasteiger partial charge in [-0.2, -0.15) is 0 Å². The molecule has 0 bridgehead atoms. The summed E-state index contributed by atoms with van der Waals surface area (Å²) in [6.07, 6.45) is 4.73.